The molecular weight excluding hydrogens is 266 g/mol. The largest absolute Gasteiger partial charge is 0.497 e. The Bertz CT molecular complexity index is 513. The molecule has 4 nitrogen and oxygen atoms in total. The highest BCUT2D eigenvalue weighted by Crippen LogP contribution is 2.52. The summed E-state index contributed by atoms with van der Waals surface area (Å²) < 4.78 is 10.6. The number of fused-ring (bicyclic) bond motifs is 2. The summed E-state index contributed by atoms with van der Waals surface area (Å²) in [5.41, 5.74) is 0.421. The van der Waals surface area contributed by atoms with Gasteiger partial charge in [0.2, 0.25) is 0 Å². The van der Waals surface area contributed by atoms with Gasteiger partial charge in [-0.15, -0.1) is 0 Å². The number of ether oxygens (including phenoxy) is 2. The summed E-state index contributed by atoms with van der Waals surface area (Å²) in [6.07, 6.45) is 4.40. The number of anilines is 1. The molecule has 3 unspecified atom stereocenters. The number of hydrogen-bond acceptors (Lipinski definition) is 4. The molecule has 2 aliphatic rings. The van der Waals surface area contributed by atoms with Gasteiger partial charge >= 0.3 is 5.97 Å². The van der Waals surface area contributed by atoms with Crippen LogP contribution in [0.2, 0.25) is 0 Å². The van der Waals surface area contributed by atoms with Crippen molar-refractivity contribution >= 4 is 11.7 Å². The summed E-state index contributed by atoms with van der Waals surface area (Å²) in [5.74, 6) is 1.78. The Hall–Kier alpha value is -1.71. The van der Waals surface area contributed by atoms with E-state index in [0.717, 1.165) is 30.7 Å². The first-order valence-electron chi connectivity index (χ1n) is 7.77. The minimum atomic E-state index is -0.534. The van der Waals surface area contributed by atoms with Crippen LogP contribution in [0.25, 0.3) is 0 Å². The van der Waals surface area contributed by atoms with Crippen LogP contribution >= 0.6 is 0 Å². The van der Waals surface area contributed by atoms with Crippen LogP contribution in [0, 0.1) is 11.8 Å². The minimum Gasteiger partial charge on any atom is -0.497 e. The van der Waals surface area contributed by atoms with Crippen molar-refractivity contribution in [1.82, 2.24) is 0 Å². The van der Waals surface area contributed by atoms with Crippen LogP contribution in [-0.4, -0.2) is 25.2 Å². The van der Waals surface area contributed by atoms with Gasteiger partial charge in [0.05, 0.1) is 13.7 Å². The van der Waals surface area contributed by atoms with Crippen LogP contribution in [-0.2, 0) is 9.53 Å². The molecule has 0 heterocycles. The lowest BCUT2D eigenvalue weighted by Crippen LogP contribution is -2.51. The Kier molecular flexibility index (Phi) is 3.79. The zero-order valence-electron chi connectivity index (χ0n) is 12.7. The number of hydrogen-bond donors (Lipinski definition) is 1. The first kappa shape index (κ1) is 14.2. The fourth-order valence-corrected chi connectivity index (χ4v) is 3.98. The van der Waals surface area contributed by atoms with Gasteiger partial charge in [0.1, 0.15) is 11.3 Å². The number of carbonyl (C=O) groups is 1. The molecule has 2 fully saturated rings. The molecule has 2 saturated carbocycles. The van der Waals surface area contributed by atoms with E-state index in [0.29, 0.717) is 18.4 Å². The predicted octanol–water partition coefficient (Wildman–Crippen LogP) is 3.23. The molecule has 1 aromatic rings. The zero-order chi connectivity index (χ0) is 14.9. The smallest absolute Gasteiger partial charge is 0.332 e. The number of esters is 1. The Labute approximate surface area is 125 Å². The molecule has 2 bridgehead atoms. The number of methoxy groups -OCH3 is 1. The van der Waals surface area contributed by atoms with Gasteiger partial charge in [0.15, 0.2) is 0 Å². The third-order valence-electron chi connectivity index (χ3n) is 4.95. The monoisotopic (exact) mass is 289 g/mol. The van der Waals surface area contributed by atoms with Gasteiger partial charge in [-0.1, -0.05) is 0 Å². The molecule has 0 aromatic heterocycles. The van der Waals surface area contributed by atoms with Crippen LogP contribution in [0.4, 0.5) is 5.69 Å². The molecule has 0 amide bonds. The van der Waals surface area contributed by atoms with E-state index < -0.39 is 5.54 Å². The van der Waals surface area contributed by atoms with E-state index in [4.69, 9.17) is 9.47 Å². The predicted molar refractivity (Wildman–Crippen MR) is 81.4 cm³/mol. The zero-order valence-corrected chi connectivity index (χ0v) is 12.7. The van der Waals surface area contributed by atoms with Crippen molar-refractivity contribution in [2.45, 2.75) is 38.1 Å². The number of rotatable bonds is 5. The van der Waals surface area contributed by atoms with E-state index in [1.807, 2.05) is 31.2 Å². The van der Waals surface area contributed by atoms with Crippen LogP contribution in [0.15, 0.2) is 24.3 Å². The second-order valence-electron chi connectivity index (χ2n) is 6.13. The summed E-state index contributed by atoms with van der Waals surface area (Å²) in [5, 5.41) is 3.49. The maximum absolute atomic E-state index is 12.6. The van der Waals surface area contributed by atoms with E-state index in [9.17, 15) is 4.79 Å². The summed E-state index contributed by atoms with van der Waals surface area (Å²) in [4.78, 5) is 12.6. The van der Waals surface area contributed by atoms with Crippen LogP contribution in [0.1, 0.15) is 32.6 Å². The van der Waals surface area contributed by atoms with Crippen molar-refractivity contribution in [3.05, 3.63) is 24.3 Å². The number of nitrogens with one attached hydrogen (secondary N) is 1. The molecule has 0 aliphatic heterocycles. The highest BCUT2D eigenvalue weighted by atomic mass is 16.5. The molecule has 0 radical (unpaired) electrons. The second kappa shape index (κ2) is 5.58. The van der Waals surface area contributed by atoms with E-state index in [1.54, 1.807) is 7.11 Å². The van der Waals surface area contributed by atoms with Gasteiger partial charge in [-0.25, -0.2) is 4.79 Å². The molecule has 114 valence electrons. The average molecular weight is 289 g/mol. The van der Waals surface area contributed by atoms with Gasteiger partial charge in [-0.05, 0) is 68.7 Å². The average Bonchev–Trinajstić information content (AvgIpc) is 3.09. The maximum atomic E-state index is 12.6. The maximum Gasteiger partial charge on any atom is 0.332 e. The third-order valence-corrected chi connectivity index (χ3v) is 4.95. The lowest BCUT2D eigenvalue weighted by atomic mass is 9.80. The van der Waals surface area contributed by atoms with Crippen molar-refractivity contribution < 1.29 is 14.3 Å². The summed E-state index contributed by atoms with van der Waals surface area (Å²) in [6.45, 7) is 2.30. The number of carbonyl (C=O) groups excluding carboxylic acids is 1. The van der Waals surface area contributed by atoms with Gasteiger partial charge in [-0.3, -0.25) is 0 Å². The summed E-state index contributed by atoms with van der Waals surface area (Å²) in [6, 6.07) is 7.75. The van der Waals surface area contributed by atoms with Gasteiger partial charge in [0, 0.05) is 5.69 Å². The molecule has 0 saturated heterocycles. The van der Waals surface area contributed by atoms with Crippen molar-refractivity contribution in [3.63, 3.8) is 0 Å². The molecule has 1 aromatic carbocycles. The molecule has 21 heavy (non-hydrogen) atoms. The Balaban J connectivity index is 1.84. The molecule has 0 spiro atoms. The van der Waals surface area contributed by atoms with E-state index >= 15 is 0 Å². The topological polar surface area (TPSA) is 47.6 Å². The standard InChI is InChI=1S/C17H23NO3/c1-3-21-16(19)17(11-12-4-5-13(17)10-12)18-14-6-8-15(20-2)9-7-14/h6-9,12-13,18H,3-5,10-11H2,1-2H3. The first-order chi connectivity index (χ1) is 10.2. The Morgan fingerprint density at radius 3 is 2.62 bits per heavy atom. The number of benzene rings is 1. The first-order valence-corrected chi connectivity index (χ1v) is 7.77. The summed E-state index contributed by atoms with van der Waals surface area (Å²) in [7, 11) is 1.65. The van der Waals surface area contributed by atoms with E-state index in [-0.39, 0.29) is 5.97 Å². The molecule has 1 N–H and O–H groups in total. The van der Waals surface area contributed by atoms with Crippen molar-refractivity contribution in [2.75, 3.05) is 19.0 Å². The molecule has 2 aliphatic carbocycles. The van der Waals surface area contributed by atoms with Crippen molar-refractivity contribution in [3.8, 4) is 5.75 Å². The quantitative estimate of drug-likeness (QED) is 0.845. The summed E-state index contributed by atoms with van der Waals surface area (Å²) >= 11 is 0. The van der Waals surface area contributed by atoms with E-state index in [1.165, 1.54) is 6.42 Å². The lowest BCUT2D eigenvalue weighted by Gasteiger charge is -2.37. The van der Waals surface area contributed by atoms with Crippen LogP contribution in [0.3, 0.4) is 0 Å². The lowest BCUT2D eigenvalue weighted by molar-refractivity contribution is -0.150. The van der Waals surface area contributed by atoms with Gasteiger partial charge in [-0.2, -0.15) is 0 Å². The Morgan fingerprint density at radius 1 is 1.33 bits per heavy atom. The third kappa shape index (κ3) is 2.47. The van der Waals surface area contributed by atoms with Crippen molar-refractivity contribution in [1.29, 1.82) is 0 Å². The fourth-order valence-electron chi connectivity index (χ4n) is 3.98. The second-order valence-corrected chi connectivity index (χ2v) is 6.13. The van der Waals surface area contributed by atoms with Crippen LogP contribution < -0.4 is 10.1 Å². The highest BCUT2D eigenvalue weighted by Gasteiger charge is 2.56. The van der Waals surface area contributed by atoms with Crippen molar-refractivity contribution in [2.24, 2.45) is 11.8 Å². The minimum absolute atomic E-state index is 0.0898. The highest BCUT2D eigenvalue weighted by molar-refractivity contribution is 5.86. The van der Waals surface area contributed by atoms with Crippen LogP contribution in [0.5, 0.6) is 5.75 Å². The molecule has 3 atom stereocenters. The fraction of sp³-hybridized carbons (Fsp3) is 0.588. The van der Waals surface area contributed by atoms with Gasteiger partial charge < -0.3 is 14.8 Å². The SMILES string of the molecule is CCOC(=O)C1(Nc2ccc(OC)cc2)CC2CCC1C2. The molecule has 3 rings (SSSR count). The normalized spacial score (nSPS) is 30.2. The van der Waals surface area contributed by atoms with Gasteiger partial charge in [0.25, 0.3) is 0 Å². The molecule has 4 heteroatoms. The molecular formula is C17H23NO3. The van der Waals surface area contributed by atoms with E-state index in [2.05, 4.69) is 5.32 Å². The Morgan fingerprint density at radius 2 is 2.10 bits per heavy atom.